The van der Waals surface area contributed by atoms with Crippen molar-refractivity contribution in [2.24, 2.45) is 7.05 Å². The number of nitriles is 1. The predicted molar refractivity (Wildman–Crippen MR) is 71.3 cm³/mol. The molecule has 0 saturated carbocycles. The number of anilines is 1. The van der Waals surface area contributed by atoms with Crippen molar-refractivity contribution in [3.05, 3.63) is 35.9 Å². The van der Waals surface area contributed by atoms with Crippen molar-refractivity contribution in [2.75, 3.05) is 11.6 Å². The number of benzene rings is 1. The number of hydrogen-bond acceptors (Lipinski definition) is 5. The fourth-order valence-corrected chi connectivity index (χ4v) is 2.18. The molecular weight excluding hydrogens is 246 g/mol. The summed E-state index contributed by atoms with van der Waals surface area (Å²) < 4.78 is 1.65. The number of aromatic nitrogens is 3. The van der Waals surface area contributed by atoms with Gasteiger partial charge >= 0.3 is 0 Å². The second-order valence-corrected chi connectivity index (χ2v) is 4.53. The highest BCUT2D eigenvalue weighted by molar-refractivity contribution is 7.98. The van der Waals surface area contributed by atoms with Gasteiger partial charge in [-0.2, -0.15) is 10.4 Å². The number of hydrogen-bond donors (Lipinski definition) is 1. The first-order chi connectivity index (χ1) is 8.74. The van der Waals surface area contributed by atoms with E-state index in [1.54, 1.807) is 22.8 Å². The summed E-state index contributed by atoms with van der Waals surface area (Å²) in [7, 11) is 1.82. The SMILES string of the molecule is CSc1cccc(NCc2ncn(C)n2)c1C#N. The summed E-state index contributed by atoms with van der Waals surface area (Å²) >= 11 is 1.56. The quantitative estimate of drug-likeness (QED) is 0.851. The molecule has 0 unspecified atom stereocenters. The summed E-state index contributed by atoms with van der Waals surface area (Å²) in [6.07, 6.45) is 3.61. The third-order valence-electron chi connectivity index (χ3n) is 2.44. The van der Waals surface area contributed by atoms with Crippen LogP contribution in [0.2, 0.25) is 0 Å². The van der Waals surface area contributed by atoms with Gasteiger partial charge in [0.05, 0.1) is 17.8 Å². The van der Waals surface area contributed by atoms with Crippen LogP contribution < -0.4 is 5.32 Å². The van der Waals surface area contributed by atoms with Crippen LogP contribution in [0, 0.1) is 11.3 Å². The van der Waals surface area contributed by atoms with E-state index in [0.717, 1.165) is 10.6 Å². The lowest BCUT2D eigenvalue weighted by atomic mass is 10.2. The van der Waals surface area contributed by atoms with Gasteiger partial charge in [0, 0.05) is 11.9 Å². The second-order valence-electron chi connectivity index (χ2n) is 3.68. The van der Waals surface area contributed by atoms with Gasteiger partial charge in [-0.25, -0.2) is 4.98 Å². The Morgan fingerprint density at radius 1 is 1.50 bits per heavy atom. The minimum absolute atomic E-state index is 0.507. The van der Waals surface area contributed by atoms with E-state index in [4.69, 9.17) is 0 Å². The number of nitrogens with one attached hydrogen (secondary N) is 1. The normalized spacial score (nSPS) is 10.1. The first-order valence-electron chi connectivity index (χ1n) is 5.40. The summed E-state index contributed by atoms with van der Waals surface area (Å²) in [6.45, 7) is 0.507. The van der Waals surface area contributed by atoms with Crippen LogP contribution in [0.5, 0.6) is 0 Å². The smallest absolute Gasteiger partial charge is 0.169 e. The van der Waals surface area contributed by atoms with Gasteiger partial charge < -0.3 is 5.32 Å². The van der Waals surface area contributed by atoms with E-state index in [-0.39, 0.29) is 0 Å². The van der Waals surface area contributed by atoms with Crippen LogP contribution in [-0.2, 0) is 13.6 Å². The Labute approximate surface area is 110 Å². The summed E-state index contributed by atoms with van der Waals surface area (Å²) in [4.78, 5) is 5.10. The minimum atomic E-state index is 0.507. The molecule has 1 N–H and O–H groups in total. The molecule has 1 aromatic heterocycles. The lowest BCUT2D eigenvalue weighted by Crippen LogP contribution is -2.04. The Morgan fingerprint density at radius 2 is 2.33 bits per heavy atom. The molecule has 92 valence electrons. The third kappa shape index (κ3) is 2.63. The molecule has 1 aromatic carbocycles. The molecule has 0 aliphatic carbocycles. The Hall–Kier alpha value is -2.00. The minimum Gasteiger partial charge on any atom is -0.377 e. The molecule has 2 rings (SSSR count). The standard InChI is InChI=1S/C12H13N5S/c1-17-8-15-12(16-17)7-14-10-4-3-5-11(18-2)9(10)6-13/h3-5,8,14H,7H2,1-2H3. The largest absolute Gasteiger partial charge is 0.377 e. The van der Waals surface area contributed by atoms with Crippen molar-refractivity contribution in [1.82, 2.24) is 14.8 Å². The van der Waals surface area contributed by atoms with E-state index >= 15 is 0 Å². The molecule has 6 heteroatoms. The number of rotatable bonds is 4. The number of nitrogens with zero attached hydrogens (tertiary/aromatic N) is 4. The van der Waals surface area contributed by atoms with E-state index in [1.807, 2.05) is 31.5 Å². The Bertz CT molecular complexity index is 584. The fourth-order valence-electron chi connectivity index (χ4n) is 1.60. The highest BCUT2D eigenvalue weighted by Crippen LogP contribution is 2.26. The van der Waals surface area contributed by atoms with Crippen LogP contribution in [0.25, 0.3) is 0 Å². The average molecular weight is 259 g/mol. The maximum absolute atomic E-state index is 9.19. The van der Waals surface area contributed by atoms with Crippen LogP contribution >= 0.6 is 11.8 Å². The molecule has 0 atom stereocenters. The maximum Gasteiger partial charge on any atom is 0.169 e. The fraction of sp³-hybridized carbons (Fsp3) is 0.250. The molecule has 0 spiro atoms. The Balaban J connectivity index is 2.17. The molecule has 5 nitrogen and oxygen atoms in total. The predicted octanol–water partition coefficient (Wildman–Crippen LogP) is 2.02. The summed E-state index contributed by atoms with van der Waals surface area (Å²) in [5.41, 5.74) is 1.48. The van der Waals surface area contributed by atoms with Gasteiger partial charge in [0.1, 0.15) is 12.4 Å². The van der Waals surface area contributed by atoms with E-state index in [2.05, 4.69) is 21.5 Å². The van der Waals surface area contributed by atoms with Gasteiger partial charge in [-0.05, 0) is 18.4 Å². The Morgan fingerprint density at radius 3 is 2.94 bits per heavy atom. The summed E-state index contributed by atoms with van der Waals surface area (Å²) in [6, 6.07) is 7.99. The van der Waals surface area contributed by atoms with Crippen molar-refractivity contribution >= 4 is 17.4 Å². The molecule has 0 radical (unpaired) electrons. The second kappa shape index (κ2) is 5.56. The lowest BCUT2D eigenvalue weighted by molar-refractivity contribution is 0.747. The van der Waals surface area contributed by atoms with Crippen LogP contribution in [0.15, 0.2) is 29.4 Å². The van der Waals surface area contributed by atoms with Crippen LogP contribution in [-0.4, -0.2) is 21.0 Å². The van der Waals surface area contributed by atoms with E-state index in [9.17, 15) is 5.26 Å². The lowest BCUT2D eigenvalue weighted by Gasteiger charge is -2.08. The van der Waals surface area contributed by atoms with Gasteiger partial charge in [0.25, 0.3) is 0 Å². The molecule has 0 aliphatic rings. The molecule has 1 heterocycles. The van der Waals surface area contributed by atoms with Crippen LogP contribution in [0.1, 0.15) is 11.4 Å². The average Bonchev–Trinajstić information content (AvgIpc) is 2.81. The molecule has 0 fully saturated rings. The number of thioether (sulfide) groups is 1. The highest BCUT2D eigenvalue weighted by atomic mass is 32.2. The van der Waals surface area contributed by atoms with Crippen molar-refractivity contribution in [1.29, 1.82) is 5.26 Å². The highest BCUT2D eigenvalue weighted by Gasteiger charge is 2.07. The molecule has 18 heavy (non-hydrogen) atoms. The molecular formula is C12H13N5S. The first kappa shape index (κ1) is 12.5. The Kier molecular flexibility index (Phi) is 3.85. The van der Waals surface area contributed by atoms with Crippen molar-refractivity contribution in [2.45, 2.75) is 11.4 Å². The maximum atomic E-state index is 9.19. The molecule has 0 bridgehead atoms. The van der Waals surface area contributed by atoms with Gasteiger partial charge in [0.2, 0.25) is 0 Å². The van der Waals surface area contributed by atoms with Gasteiger partial charge in [0.15, 0.2) is 5.82 Å². The zero-order valence-corrected chi connectivity index (χ0v) is 11.0. The van der Waals surface area contributed by atoms with Crippen molar-refractivity contribution in [3.63, 3.8) is 0 Å². The molecule has 0 saturated heterocycles. The molecule has 0 aliphatic heterocycles. The molecule has 0 amide bonds. The zero-order valence-electron chi connectivity index (χ0n) is 10.2. The van der Waals surface area contributed by atoms with Crippen LogP contribution in [0.3, 0.4) is 0 Å². The van der Waals surface area contributed by atoms with E-state index in [1.165, 1.54) is 0 Å². The first-order valence-corrected chi connectivity index (χ1v) is 6.62. The van der Waals surface area contributed by atoms with Gasteiger partial charge in [-0.1, -0.05) is 6.07 Å². The van der Waals surface area contributed by atoms with Crippen LogP contribution in [0.4, 0.5) is 5.69 Å². The zero-order chi connectivity index (χ0) is 13.0. The van der Waals surface area contributed by atoms with E-state index in [0.29, 0.717) is 17.9 Å². The molecule has 2 aromatic rings. The van der Waals surface area contributed by atoms with Crippen molar-refractivity contribution in [3.8, 4) is 6.07 Å². The number of aryl methyl sites for hydroxylation is 1. The van der Waals surface area contributed by atoms with Crippen molar-refractivity contribution < 1.29 is 0 Å². The third-order valence-corrected chi connectivity index (χ3v) is 3.22. The monoisotopic (exact) mass is 259 g/mol. The summed E-state index contributed by atoms with van der Waals surface area (Å²) in [5.74, 6) is 0.705. The van der Waals surface area contributed by atoms with E-state index < -0.39 is 0 Å². The topological polar surface area (TPSA) is 66.5 Å². The summed E-state index contributed by atoms with van der Waals surface area (Å²) in [5, 5.41) is 16.6. The van der Waals surface area contributed by atoms with Gasteiger partial charge in [-0.15, -0.1) is 11.8 Å². The van der Waals surface area contributed by atoms with Gasteiger partial charge in [-0.3, -0.25) is 4.68 Å².